The van der Waals surface area contributed by atoms with Gasteiger partial charge in [0.1, 0.15) is 53.0 Å². The summed E-state index contributed by atoms with van der Waals surface area (Å²) in [4.78, 5) is 36.1. The fourth-order valence-corrected chi connectivity index (χ4v) is 5.57. The second-order valence-corrected chi connectivity index (χ2v) is 11.5. The number of rotatable bonds is 10. The van der Waals surface area contributed by atoms with Crippen molar-refractivity contribution in [1.82, 2.24) is 20.2 Å². The van der Waals surface area contributed by atoms with Crippen molar-refractivity contribution in [3.8, 4) is 17.0 Å². The lowest BCUT2D eigenvalue weighted by atomic mass is 9.91. The first-order chi connectivity index (χ1) is 20.2. The van der Waals surface area contributed by atoms with Crippen molar-refractivity contribution in [2.75, 3.05) is 13.2 Å². The Labute approximate surface area is 259 Å². The number of hydrogen-bond donors (Lipinski definition) is 4. The molecule has 1 unspecified atom stereocenters. The van der Waals surface area contributed by atoms with Crippen molar-refractivity contribution in [1.29, 1.82) is 0 Å². The minimum Gasteiger partial charge on any atom is -0.491 e. The Morgan fingerprint density at radius 1 is 1.12 bits per heavy atom. The van der Waals surface area contributed by atoms with Crippen LogP contribution < -0.4 is 10.1 Å². The maximum atomic E-state index is 14.9. The van der Waals surface area contributed by atoms with Crippen molar-refractivity contribution in [2.24, 2.45) is 0 Å². The first-order valence-electron chi connectivity index (χ1n) is 13.1. The van der Waals surface area contributed by atoms with E-state index in [9.17, 15) is 19.1 Å². The van der Waals surface area contributed by atoms with E-state index in [1.807, 2.05) is 59.8 Å². The summed E-state index contributed by atoms with van der Waals surface area (Å²) in [6.07, 6.45) is -1.02. The number of carbonyl (C=O) groups is 2. The minimum absolute atomic E-state index is 0.0841. The van der Waals surface area contributed by atoms with Crippen LogP contribution in [0.15, 0.2) is 72.8 Å². The Balaban J connectivity index is 1.49. The van der Waals surface area contributed by atoms with E-state index in [0.29, 0.717) is 14.9 Å². The molecule has 2 heterocycles. The third kappa shape index (κ3) is 6.14. The van der Waals surface area contributed by atoms with E-state index in [2.05, 4.69) is 15.3 Å². The summed E-state index contributed by atoms with van der Waals surface area (Å²) < 4.78 is 21.0. The standard InChI is InChI=1S/C30H27ClFIN4O5/c1-16(17-5-3-2-4-6-17)26(28-34-25(27(31)36-28)22-12-9-19(33)13-23(22)32)37-29(40)24(35-30(37)41)18-7-10-21(11-8-18)42-15-20(39)14-38/h2-13,16,20,24,26,38-39H,14-15H2,1H3,(H,34,36)(H,35,41)/t16-,20+,24?,26-/m0/s1. The number of amides is 3. The van der Waals surface area contributed by atoms with Gasteiger partial charge < -0.3 is 25.3 Å². The molecule has 0 spiro atoms. The van der Waals surface area contributed by atoms with Crippen molar-refractivity contribution in [3.05, 3.63) is 104 Å². The van der Waals surface area contributed by atoms with Crippen molar-refractivity contribution in [2.45, 2.75) is 31.0 Å². The van der Waals surface area contributed by atoms with Crippen LogP contribution in [0.2, 0.25) is 5.15 Å². The smallest absolute Gasteiger partial charge is 0.325 e. The Hall–Kier alpha value is -3.52. The zero-order valence-corrected chi connectivity index (χ0v) is 25.2. The second kappa shape index (κ2) is 12.8. The fraction of sp³-hybridized carbons (Fsp3) is 0.233. The number of halogens is 3. The Morgan fingerprint density at radius 2 is 1.83 bits per heavy atom. The Kier molecular flexibility index (Phi) is 9.11. The lowest BCUT2D eigenvalue weighted by Crippen LogP contribution is -2.38. The minimum atomic E-state index is -1.02. The highest BCUT2D eigenvalue weighted by Gasteiger charge is 2.46. The van der Waals surface area contributed by atoms with Gasteiger partial charge in [-0.1, -0.05) is 61.0 Å². The summed E-state index contributed by atoms with van der Waals surface area (Å²) in [5, 5.41) is 21.3. The number of carbonyl (C=O) groups excluding carboxylic acids is 2. The SMILES string of the molecule is C[C@@H](c1ccccc1)[C@@H](c1nc(-c2ccc(I)cc2F)c(Cl)[nH]1)N1C(=O)NC(c2ccc(OC[C@H](O)CO)cc2)C1=O. The highest BCUT2D eigenvalue weighted by molar-refractivity contribution is 14.1. The second-order valence-electron chi connectivity index (χ2n) is 9.86. The molecule has 0 bridgehead atoms. The number of aromatic amines is 1. The molecule has 4 N–H and O–H groups in total. The summed E-state index contributed by atoms with van der Waals surface area (Å²) >= 11 is 8.54. The maximum Gasteiger partial charge on any atom is 0.325 e. The fourth-order valence-electron chi connectivity index (χ4n) is 4.88. The van der Waals surface area contributed by atoms with Crippen LogP contribution in [-0.2, 0) is 4.79 Å². The van der Waals surface area contributed by atoms with Crippen LogP contribution >= 0.6 is 34.2 Å². The lowest BCUT2D eigenvalue weighted by molar-refractivity contribution is -0.129. The topological polar surface area (TPSA) is 128 Å². The van der Waals surface area contributed by atoms with Crippen LogP contribution in [0.5, 0.6) is 5.75 Å². The van der Waals surface area contributed by atoms with Crippen molar-refractivity contribution in [3.63, 3.8) is 0 Å². The van der Waals surface area contributed by atoms with Gasteiger partial charge in [0, 0.05) is 15.1 Å². The van der Waals surface area contributed by atoms with Crippen LogP contribution in [0.1, 0.15) is 41.9 Å². The normalized spacial score (nSPS) is 17.2. The van der Waals surface area contributed by atoms with E-state index >= 15 is 0 Å². The number of nitrogens with one attached hydrogen (secondary N) is 2. The number of H-pyrrole nitrogens is 1. The monoisotopic (exact) mass is 704 g/mol. The third-order valence-electron chi connectivity index (χ3n) is 7.06. The average molecular weight is 705 g/mol. The van der Waals surface area contributed by atoms with Crippen LogP contribution in [0, 0.1) is 9.39 Å². The molecule has 3 aromatic carbocycles. The summed E-state index contributed by atoms with van der Waals surface area (Å²) in [7, 11) is 0. The maximum absolute atomic E-state index is 14.9. The molecule has 42 heavy (non-hydrogen) atoms. The number of imidazole rings is 1. The molecular formula is C30H27ClFIN4O5. The van der Waals surface area contributed by atoms with E-state index in [1.165, 1.54) is 6.07 Å². The molecule has 1 aliphatic rings. The molecule has 3 amide bonds. The largest absolute Gasteiger partial charge is 0.491 e. The number of hydrogen-bond acceptors (Lipinski definition) is 6. The van der Waals surface area contributed by atoms with Gasteiger partial charge in [0.25, 0.3) is 5.91 Å². The summed E-state index contributed by atoms with van der Waals surface area (Å²) in [6.45, 7) is 1.35. The number of aliphatic hydroxyl groups is 2. The number of nitrogens with zero attached hydrogens (tertiary/aromatic N) is 2. The van der Waals surface area contributed by atoms with Gasteiger partial charge in [0.05, 0.1) is 6.61 Å². The molecular weight excluding hydrogens is 678 g/mol. The molecule has 4 aromatic rings. The van der Waals surface area contributed by atoms with E-state index in [0.717, 1.165) is 10.5 Å². The van der Waals surface area contributed by atoms with E-state index in [4.69, 9.17) is 21.4 Å². The number of benzene rings is 3. The van der Waals surface area contributed by atoms with Gasteiger partial charge in [0.2, 0.25) is 0 Å². The van der Waals surface area contributed by atoms with Gasteiger partial charge in [-0.25, -0.2) is 14.2 Å². The molecule has 12 heteroatoms. The highest BCUT2D eigenvalue weighted by Crippen LogP contribution is 2.41. The highest BCUT2D eigenvalue weighted by atomic mass is 127. The van der Waals surface area contributed by atoms with Crippen LogP contribution in [-0.4, -0.2) is 56.3 Å². The first kappa shape index (κ1) is 30.0. The summed E-state index contributed by atoms with van der Waals surface area (Å²) in [6, 6.07) is 18.1. The van der Waals surface area contributed by atoms with Crippen LogP contribution in [0.3, 0.4) is 0 Å². The van der Waals surface area contributed by atoms with Gasteiger partial charge in [-0.05, 0) is 64.0 Å². The average Bonchev–Trinajstić information content (AvgIpc) is 3.51. The number of urea groups is 1. The van der Waals surface area contributed by atoms with E-state index < -0.39 is 48.5 Å². The zero-order chi connectivity index (χ0) is 30.0. The van der Waals surface area contributed by atoms with E-state index in [-0.39, 0.29) is 28.8 Å². The quantitative estimate of drug-likeness (QED) is 0.130. The molecule has 0 saturated carbocycles. The molecule has 218 valence electrons. The molecule has 4 atom stereocenters. The summed E-state index contributed by atoms with van der Waals surface area (Å²) in [5.41, 5.74) is 1.75. The molecule has 0 radical (unpaired) electrons. The molecule has 1 fully saturated rings. The van der Waals surface area contributed by atoms with Crippen LogP contribution in [0.4, 0.5) is 9.18 Å². The number of imide groups is 1. The van der Waals surface area contributed by atoms with Crippen molar-refractivity contribution < 1.29 is 28.9 Å². The van der Waals surface area contributed by atoms with Crippen LogP contribution in [0.25, 0.3) is 11.3 Å². The van der Waals surface area contributed by atoms with Gasteiger partial charge in [-0.15, -0.1) is 0 Å². The van der Waals surface area contributed by atoms with E-state index in [1.54, 1.807) is 36.4 Å². The van der Waals surface area contributed by atoms with Gasteiger partial charge in [-0.2, -0.15) is 0 Å². The Bertz CT molecular complexity index is 1590. The zero-order valence-electron chi connectivity index (χ0n) is 22.3. The summed E-state index contributed by atoms with van der Waals surface area (Å²) in [5.74, 6) is -0.741. The molecule has 5 rings (SSSR count). The predicted molar refractivity (Wildman–Crippen MR) is 162 cm³/mol. The molecule has 0 aliphatic carbocycles. The van der Waals surface area contributed by atoms with Crippen molar-refractivity contribution >= 4 is 46.1 Å². The number of aliphatic hydroxyl groups excluding tert-OH is 2. The van der Waals surface area contributed by atoms with Gasteiger partial charge >= 0.3 is 6.03 Å². The molecule has 1 aromatic heterocycles. The number of ether oxygens (including phenoxy) is 1. The van der Waals surface area contributed by atoms with Gasteiger partial charge in [0.15, 0.2) is 0 Å². The molecule has 9 nitrogen and oxygen atoms in total. The molecule has 1 aliphatic heterocycles. The molecule has 1 saturated heterocycles. The lowest BCUT2D eigenvalue weighted by Gasteiger charge is -2.29. The Morgan fingerprint density at radius 3 is 2.50 bits per heavy atom. The third-order valence-corrected chi connectivity index (χ3v) is 8.00. The first-order valence-corrected chi connectivity index (χ1v) is 14.5. The predicted octanol–water partition coefficient (Wildman–Crippen LogP) is 5.34. The number of aromatic nitrogens is 2. The van der Waals surface area contributed by atoms with Gasteiger partial charge in [-0.3, -0.25) is 9.69 Å².